The van der Waals surface area contributed by atoms with Crippen LogP contribution in [0.2, 0.25) is 0 Å². The lowest BCUT2D eigenvalue weighted by Gasteiger charge is -2.25. The Morgan fingerprint density at radius 3 is 2.52 bits per heavy atom. The summed E-state index contributed by atoms with van der Waals surface area (Å²) in [6.45, 7) is 9.42. The van der Waals surface area contributed by atoms with E-state index in [1.54, 1.807) is 27.0 Å². The van der Waals surface area contributed by atoms with Gasteiger partial charge in [-0.05, 0) is 26.7 Å². The van der Waals surface area contributed by atoms with E-state index >= 15 is 0 Å². The third kappa shape index (κ3) is 6.57. The van der Waals surface area contributed by atoms with Crippen LogP contribution in [0.15, 0.2) is 11.6 Å². The van der Waals surface area contributed by atoms with Crippen LogP contribution in [-0.4, -0.2) is 28.6 Å². The van der Waals surface area contributed by atoms with Crippen LogP contribution in [0.3, 0.4) is 0 Å². The number of amides is 2. The number of hydrogen-bond donors (Lipinski definition) is 2. The molecule has 0 aliphatic rings. The Labute approximate surface area is 129 Å². The Morgan fingerprint density at radius 2 is 2.05 bits per heavy atom. The van der Waals surface area contributed by atoms with Crippen molar-refractivity contribution in [3.63, 3.8) is 0 Å². The average Bonchev–Trinajstić information content (AvgIpc) is 2.83. The van der Waals surface area contributed by atoms with E-state index in [1.807, 2.05) is 19.2 Å². The zero-order valence-electron chi connectivity index (χ0n) is 13.1. The summed E-state index contributed by atoms with van der Waals surface area (Å²) in [5.41, 5.74) is -0.594. The van der Waals surface area contributed by atoms with Crippen LogP contribution in [0, 0.1) is 5.92 Å². The Kier molecular flexibility index (Phi) is 6.14. The minimum Gasteiger partial charge on any atom is -0.444 e. The van der Waals surface area contributed by atoms with Crippen molar-refractivity contribution in [1.82, 2.24) is 15.6 Å². The van der Waals surface area contributed by atoms with Gasteiger partial charge in [0.2, 0.25) is 5.91 Å². The van der Waals surface area contributed by atoms with E-state index in [9.17, 15) is 9.59 Å². The largest absolute Gasteiger partial charge is 0.444 e. The van der Waals surface area contributed by atoms with Gasteiger partial charge in [0, 0.05) is 11.6 Å². The summed E-state index contributed by atoms with van der Waals surface area (Å²) in [6.07, 6.45) is 1.09. The summed E-state index contributed by atoms with van der Waals surface area (Å²) in [7, 11) is 0. The van der Waals surface area contributed by atoms with Gasteiger partial charge in [0.15, 0.2) is 0 Å². The number of ether oxygens (including phenoxy) is 1. The van der Waals surface area contributed by atoms with Crippen LogP contribution in [0.25, 0.3) is 0 Å². The minimum atomic E-state index is -0.639. The third-order valence-corrected chi connectivity index (χ3v) is 3.30. The highest BCUT2D eigenvalue weighted by molar-refractivity contribution is 7.09. The number of aromatic nitrogens is 1. The minimum absolute atomic E-state index is 0.0474. The second-order valence-corrected chi connectivity index (χ2v) is 6.99. The van der Waals surface area contributed by atoms with Crippen molar-refractivity contribution in [3.8, 4) is 0 Å². The number of carbonyl (C=O) groups excluding carboxylic acids is 2. The number of thiazole rings is 1. The van der Waals surface area contributed by atoms with Gasteiger partial charge in [-0.25, -0.2) is 9.78 Å². The molecule has 1 rings (SSSR count). The van der Waals surface area contributed by atoms with E-state index < -0.39 is 17.7 Å². The molecule has 2 N–H and O–H groups in total. The molecule has 0 aliphatic carbocycles. The zero-order valence-corrected chi connectivity index (χ0v) is 13.9. The summed E-state index contributed by atoms with van der Waals surface area (Å²) < 4.78 is 5.18. The van der Waals surface area contributed by atoms with Crippen molar-refractivity contribution in [3.05, 3.63) is 16.6 Å². The second-order valence-electron chi connectivity index (χ2n) is 6.01. The molecule has 21 heavy (non-hydrogen) atoms. The van der Waals surface area contributed by atoms with E-state index in [0.29, 0.717) is 6.54 Å². The Hall–Kier alpha value is -1.63. The molecule has 0 saturated carbocycles. The van der Waals surface area contributed by atoms with Gasteiger partial charge in [-0.15, -0.1) is 11.3 Å². The highest BCUT2D eigenvalue weighted by atomic mass is 32.1. The van der Waals surface area contributed by atoms with Crippen LogP contribution in [0.4, 0.5) is 4.79 Å². The first-order chi connectivity index (χ1) is 9.69. The molecule has 0 fully saturated rings. The first kappa shape index (κ1) is 17.4. The molecular weight excluding hydrogens is 290 g/mol. The molecule has 0 aromatic carbocycles. The van der Waals surface area contributed by atoms with Gasteiger partial charge in [0.1, 0.15) is 16.7 Å². The van der Waals surface area contributed by atoms with Gasteiger partial charge in [-0.1, -0.05) is 13.8 Å². The van der Waals surface area contributed by atoms with Gasteiger partial charge < -0.3 is 15.4 Å². The van der Waals surface area contributed by atoms with Crippen molar-refractivity contribution in [2.45, 2.75) is 52.8 Å². The second kappa shape index (κ2) is 7.40. The van der Waals surface area contributed by atoms with Crippen molar-refractivity contribution >= 4 is 23.3 Å². The summed E-state index contributed by atoms with van der Waals surface area (Å²) in [6, 6.07) is -0.639. The molecule has 1 heterocycles. The molecule has 1 aromatic heterocycles. The van der Waals surface area contributed by atoms with Gasteiger partial charge in [-0.3, -0.25) is 4.79 Å². The first-order valence-electron chi connectivity index (χ1n) is 6.84. The monoisotopic (exact) mass is 313 g/mol. The fraction of sp³-hybridized carbons (Fsp3) is 0.643. The van der Waals surface area contributed by atoms with Crippen molar-refractivity contribution in [2.75, 3.05) is 0 Å². The molecule has 2 amide bonds. The number of rotatable bonds is 5. The SMILES string of the molecule is CC(C)[C@H](NC(=O)OC(C)(C)C)C(=O)NCc1nccs1. The van der Waals surface area contributed by atoms with E-state index in [2.05, 4.69) is 15.6 Å². The molecule has 0 aliphatic heterocycles. The topological polar surface area (TPSA) is 80.3 Å². The smallest absolute Gasteiger partial charge is 0.408 e. The first-order valence-corrected chi connectivity index (χ1v) is 7.72. The van der Waals surface area contributed by atoms with E-state index in [1.165, 1.54) is 11.3 Å². The molecule has 0 unspecified atom stereocenters. The lowest BCUT2D eigenvalue weighted by Crippen LogP contribution is -2.50. The van der Waals surface area contributed by atoms with Crippen LogP contribution in [0.1, 0.15) is 39.6 Å². The maximum Gasteiger partial charge on any atom is 0.408 e. The van der Waals surface area contributed by atoms with Gasteiger partial charge in [0.25, 0.3) is 0 Å². The number of nitrogens with one attached hydrogen (secondary N) is 2. The number of alkyl carbamates (subject to hydrolysis) is 1. The van der Waals surface area contributed by atoms with Crippen molar-refractivity contribution in [1.29, 1.82) is 0 Å². The fourth-order valence-corrected chi connectivity index (χ4v) is 2.14. The normalized spacial score (nSPS) is 12.9. The summed E-state index contributed by atoms with van der Waals surface area (Å²) in [5, 5.41) is 8.06. The van der Waals surface area contributed by atoms with Crippen LogP contribution < -0.4 is 10.6 Å². The van der Waals surface area contributed by atoms with Crippen LogP contribution in [0.5, 0.6) is 0 Å². The van der Waals surface area contributed by atoms with Crippen LogP contribution >= 0.6 is 11.3 Å². The fourth-order valence-electron chi connectivity index (χ4n) is 1.58. The maximum atomic E-state index is 12.2. The molecule has 0 radical (unpaired) electrons. The van der Waals surface area contributed by atoms with Crippen LogP contribution in [-0.2, 0) is 16.1 Å². The Balaban J connectivity index is 2.55. The molecule has 7 heteroatoms. The summed E-state index contributed by atoms with van der Waals surface area (Å²) in [4.78, 5) is 28.1. The van der Waals surface area contributed by atoms with E-state index in [4.69, 9.17) is 4.74 Å². The third-order valence-electron chi connectivity index (χ3n) is 2.52. The standard InChI is InChI=1S/C14H23N3O3S/c1-9(2)11(17-13(19)20-14(3,4)5)12(18)16-8-10-15-6-7-21-10/h6-7,9,11H,8H2,1-5H3,(H,16,18)(H,17,19)/t11-/m0/s1. The molecular formula is C14H23N3O3S. The molecule has 1 atom stereocenters. The average molecular weight is 313 g/mol. The van der Waals surface area contributed by atoms with Crippen molar-refractivity contribution in [2.24, 2.45) is 5.92 Å². The lowest BCUT2D eigenvalue weighted by molar-refractivity contribution is -0.124. The van der Waals surface area contributed by atoms with E-state index in [-0.39, 0.29) is 11.8 Å². The van der Waals surface area contributed by atoms with Gasteiger partial charge >= 0.3 is 6.09 Å². The highest BCUT2D eigenvalue weighted by Gasteiger charge is 2.26. The number of hydrogen-bond acceptors (Lipinski definition) is 5. The predicted molar refractivity (Wildman–Crippen MR) is 82.0 cm³/mol. The molecule has 6 nitrogen and oxygen atoms in total. The van der Waals surface area contributed by atoms with Gasteiger partial charge in [0.05, 0.1) is 6.54 Å². The quantitative estimate of drug-likeness (QED) is 0.874. The van der Waals surface area contributed by atoms with Gasteiger partial charge in [-0.2, -0.15) is 0 Å². The molecule has 1 aromatic rings. The maximum absolute atomic E-state index is 12.2. The highest BCUT2D eigenvalue weighted by Crippen LogP contribution is 2.09. The summed E-state index contributed by atoms with van der Waals surface area (Å²) >= 11 is 1.47. The Bertz CT molecular complexity index is 466. The molecule has 0 bridgehead atoms. The number of nitrogens with zero attached hydrogens (tertiary/aromatic N) is 1. The van der Waals surface area contributed by atoms with E-state index in [0.717, 1.165) is 5.01 Å². The molecule has 0 saturated heterocycles. The Morgan fingerprint density at radius 1 is 1.38 bits per heavy atom. The molecule has 118 valence electrons. The van der Waals surface area contributed by atoms with Crippen molar-refractivity contribution < 1.29 is 14.3 Å². The summed E-state index contributed by atoms with van der Waals surface area (Å²) in [5.74, 6) is -0.292. The lowest BCUT2D eigenvalue weighted by atomic mass is 10.0. The molecule has 0 spiro atoms. The zero-order chi connectivity index (χ0) is 16.0. The predicted octanol–water partition coefficient (Wildman–Crippen LogP) is 2.31. The number of carbonyl (C=O) groups is 2.